The summed E-state index contributed by atoms with van der Waals surface area (Å²) >= 11 is 2.75. The van der Waals surface area contributed by atoms with E-state index in [0.717, 1.165) is 0 Å². The number of amides is 2. The van der Waals surface area contributed by atoms with Crippen LogP contribution in [0.4, 0.5) is 0 Å². The molecule has 1 unspecified atom stereocenters. The lowest BCUT2D eigenvalue weighted by molar-refractivity contribution is -0.150. The Labute approximate surface area is 168 Å². The van der Waals surface area contributed by atoms with Crippen molar-refractivity contribution >= 4 is 51.0 Å². The molecule has 1 fully saturated rings. The number of rotatable bonds is 4. The summed E-state index contributed by atoms with van der Waals surface area (Å²) in [5.74, 6) is -1.54. The Morgan fingerprint density at radius 1 is 1.36 bits per heavy atom. The first-order valence-corrected chi connectivity index (χ1v) is 10.4. The van der Waals surface area contributed by atoms with Gasteiger partial charge < -0.3 is 21.3 Å². The number of nitrogens with one attached hydrogen (secondary N) is 1. The van der Waals surface area contributed by atoms with Gasteiger partial charge in [0.1, 0.15) is 28.9 Å². The van der Waals surface area contributed by atoms with E-state index < -0.39 is 35.2 Å². The van der Waals surface area contributed by atoms with Crippen LogP contribution in [-0.4, -0.2) is 50.1 Å². The average molecular weight is 419 g/mol. The molecule has 3 atom stereocenters. The number of carboxylic acids is 1. The van der Waals surface area contributed by atoms with Gasteiger partial charge in [-0.3, -0.25) is 14.5 Å². The van der Waals surface area contributed by atoms with Crippen LogP contribution >= 0.6 is 23.1 Å². The molecular weight excluding hydrogens is 402 g/mol. The maximum Gasteiger partial charge on any atom is 0.352 e. The predicted octanol–water partition coefficient (Wildman–Crippen LogP) is 1.37. The number of aromatic hydroxyl groups is 1. The third-order valence-corrected chi connectivity index (χ3v) is 7.27. The van der Waals surface area contributed by atoms with Gasteiger partial charge in [0.2, 0.25) is 5.91 Å². The van der Waals surface area contributed by atoms with Crippen LogP contribution in [-0.2, 0) is 14.4 Å². The van der Waals surface area contributed by atoms with Gasteiger partial charge >= 0.3 is 5.97 Å². The standard InChI is InChI=1S/C18H17N3O5S2/c1-7-6-28-17-12(16(24)21(17)13(7)18(25)26)20-15(23)11(19)8-2-3-10(22)14-9(8)4-5-27-14/h2-5,11-12,17,22H,6,19H2,1H3,(H,20,23)(H,25,26)/t11?,12-,17-/m1/s1. The zero-order valence-electron chi connectivity index (χ0n) is 14.7. The summed E-state index contributed by atoms with van der Waals surface area (Å²) in [6.45, 7) is 1.68. The molecule has 1 aromatic heterocycles. The molecule has 2 aliphatic rings. The molecule has 10 heteroatoms. The highest BCUT2D eigenvalue weighted by molar-refractivity contribution is 8.00. The number of carbonyl (C=O) groups is 3. The van der Waals surface area contributed by atoms with Crippen molar-refractivity contribution < 1.29 is 24.6 Å². The third-order valence-electron chi connectivity index (χ3n) is 4.91. The fourth-order valence-corrected chi connectivity index (χ4v) is 5.63. The number of carboxylic acid groups (broad SMARTS) is 1. The van der Waals surface area contributed by atoms with Crippen LogP contribution in [0, 0.1) is 0 Å². The van der Waals surface area contributed by atoms with Gasteiger partial charge in [0.25, 0.3) is 5.91 Å². The number of nitrogens with two attached hydrogens (primary N) is 1. The molecule has 0 bridgehead atoms. The normalized spacial score (nSPS) is 22.6. The zero-order chi connectivity index (χ0) is 20.2. The summed E-state index contributed by atoms with van der Waals surface area (Å²) in [5, 5.41) is 24.0. The number of thiophene rings is 1. The van der Waals surface area contributed by atoms with Crippen LogP contribution in [0.3, 0.4) is 0 Å². The maximum atomic E-state index is 12.7. The van der Waals surface area contributed by atoms with Gasteiger partial charge in [-0.15, -0.1) is 23.1 Å². The maximum absolute atomic E-state index is 12.7. The van der Waals surface area contributed by atoms with E-state index in [1.54, 1.807) is 24.4 Å². The summed E-state index contributed by atoms with van der Waals surface area (Å²) < 4.78 is 0.640. The smallest absolute Gasteiger partial charge is 0.352 e. The number of phenolic OH excluding ortho intramolecular Hbond substituents is 1. The average Bonchev–Trinajstić information content (AvgIpc) is 3.16. The van der Waals surface area contributed by atoms with E-state index in [4.69, 9.17) is 5.73 Å². The van der Waals surface area contributed by atoms with E-state index in [0.29, 0.717) is 27.0 Å². The highest BCUT2D eigenvalue weighted by Crippen LogP contribution is 2.40. The molecular formula is C18H17N3O5S2. The minimum Gasteiger partial charge on any atom is -0.506 e. The van der Waals surface area contributed by atoms with Gasteiger partial charge in [0.15, 0.2) is 0 Å². The van der Waals surface area contributed by atoms with Gasteiger partial charge in [-0.25, -0.2) is 4.79 Å². The Bertz CT molecular complexity index is 1050. The Morgan fingerprint density at radius 2 is 2.11 bits per heavy atom. The van der Waals surface area contributed by atoms with Crippen molar-refractivity contribution in [1.82, 2.24) is 10.2 Å². The van der Waals surface area contributed by atoms with Gasteiger partial charge in [0.05, 0.1) is 4.70 Å². The number of benzene rings is 1. The molecule has 28 heavy (non-hydrogen) atoms. The van der Waals surface area contributed by atoms with E-state index >= 15 is 0 Å². The molecule has 8 nitrogen and oxygen atoms in total. The Morgan fingerprint density at radius 3 is 2.82 bits per heavy atom. The fourth-order valence-electron chi connectivity index (χ4n) is 3.50. The number of thioether (sulfide) groups is 1. The molecule has 2 aromatic rings. The predicted molar refractivity (Wildman–Crippen MR) is 106 cm³/mol. The first-order valence-electron chi connectivity index (χ1n) is 8.44. The van der Waals surface area contributed by atoms with Crippen molar-refractivity contribution in [2.45, 2.75) is 24.4 Å². The fraction of sp³-hybridized carbons (Fsp3) is 0.278. The molecule has 146 valence electrons. The highest BCUT2D eigenvalue weighted by Gasteiger charge is 2.53. The molecule has 5 N–H and O–H groups in total. The largest absolute Gasteiger partial charge is 0.506 e. The quantitative estimate of drug-likeness (QED) is 0.550. The molecule has 2 aliphatic heterocycles. The molecule has 0 saturated carbocycles. The second kappa shape index (κ2) is 6.80. The van der Waals surface area contributed by atoms with Crippen molar-refractivity contribution in [2.75, 3.05) is 5.75 Å². The second-order valence-electron chi connectivity index (χ2n) is 6.65. The van der Waals surface area contributed by atoms with E-state index in [-0.39, 0.29) is 11.4 Å². The van der Waals surface area contributed by atoms with Crippen molar-refractivity contribution in [3.8, 4) is 5.75 Å². The minimum absolute atomic E-state index is 0.0120. The Hall–Kier alpha value is -2.56. The molecule has 3 heterocycles. The summed E-state index contributed by atoms with van der Waals surface area (Å²) in [4.78, 5) is 37.9. The Balaban J connectivity index is 1.53. The van der Waals surface area contributed by atoms with Crippen molar-refractivity contribution in [1.29, 1.82) is 0 Å². The second-order valence-corrected chi connectivity index (χ2v) is 8.67. The molecule has 0 spiro atoms. The van der Waals surface area contributed by atoms with Crippen LogP contribution in [0.5, 0.6) is 5.75 Å². The Kier molecular flexibility index (Phi) is 4.56. The van der Waals surface area contributed by atoms with E-state index in [1.807, 2.05) is 0 Å². The van der Waals surface area contributed by atoms with Crippen LogP contribution in [0.25, 0.3) is 10.1 Å². The zero-order valence-corrected chi connectivity index (χ0v) is 16.3. The van der Waals surface area contributed by atoms with Gasteiger partial charge in [-0.2, -0.15) is 0 Å². The lowest BCUT2D eigenvalue weighted by Crippen LogP contribution is -2.71. The van der Waals surface area contributed by atoms with E-state index in [9.17, 15) is 24.6 Å². The number of hydrogen-bond donors (Lipinski definition) is 4. The van der Waals surface area contributed by atoms with Gasteiger partial charge in [-0.05, 0) is 35.6 Å². The number of nitrogens with zero attached hydrogens (tertiary/aromatic N) is 1. The van der Waals surface area contributed by atoms with Crippen LogP contribution in [0.2, 0.25) is 0 Å². The molecule has 0 radical (unpaired) electrons. The summed E-state index contributed by atoms with van der Waals surface area (Å²) in [5.41, 5.74) is 7.28. The van der Waals surface area contributed by atoms with Crippen LogP contribution < -0.4 is 11.1 Å². The van der Waals surface area contributed by atoms with Crippen molar-refractivity contribution in [3.63, 3.8) is 0 Å². The lowest BCUT2D eigenvalue weighted by Gasteiger charge is -2.49. The number of aliphatic carboxylic acids is 1. The van der Waals surface area contributed by atoms with E-state index in [2.05, 4.69) is 5.32 Å². The lowest BCUT2D eigenvalue weighted by atomic mass is 10.00. The number of carbonyl (C=O) groups excluding carboxylic acids is 2. The number of phenols is 1. The molecule has 0 aliphatic carbocycles. The van der Waals surface area contributed by atoms with Crippen molar-refractivity contribution in [3.05, 3.63) is 40.4 Å². The molecule has 1 aromatic carbocycles. The summed E-state index contributed by atoms with van der Waals surface area (Å²) in [6, 6.07) is 3.02. The van der Waals surface area contributed by atoms with Gasteiger partial charge in [0, 0.05) is 11.1 Å². The number of hydrogen-bond acceptors (Lipinski definition) is 7. The van der Waals surface area contributed by atoms with Crippen molar-refractivity contribution in [2.24, 2.45) is 5.73 Å². The van der Waals surface area contributed by atoms with Crippen LogP contribution in [0.1, 0.15) is 18.5 Å². The minimum atomic E-state index is -1.15. The van der Waals surface area contributed by atoms with E-state index in [1.165, 1.54) is 34.1 Å². The molecule has 2 amide bonds. The highest BCUT2D eigenvalue weighted by atomic mass is 32.2. The molecule has 1 saturated heterocycles. The SMILES string of the molecule is CC1=C(C(=O)O)N2C(=O)[C@@H](NC(=O)C(N)c3ccc(O)c4sccc34)[C@H]2SC1. The monoisotopic (exact) mass is 419 g/mol. The first-order chi connectivity index (χ1) is 13.3. The third kappa shape index (κ3) is 2.76. The number of β-lactam (4-membered cyclic amide) rings is 1. The van der Waals surface area contributed by atoms with Crippen LogP contribution in [0.15, 0.2) is 34.8 Å². The summed E-state index contributed by atoms with van der Waals surface area (Å²) in [7, 11) is 0. The molecule has 4 rings (SSSR count). The first kappa shape index (κ1) is 18.8. The van der Waals surface area contributed by atoms with Gasteiger partial charge in [-0.1, -0.05) is 6.07 Å². The number of fused-ring (bicyclic) bond motifs is 2. The summed E-state index contributed by atoms with van der Waals surface area (Å²) in [6.07, 6.45) is 0. The topological polar surface area (TPSA) is 133 Å².